The van der Waals surface area contributed by atoms with Crippen LogP contribution in [0.25, 0.3) is 5.57 Å². The van der Waals surface area contributed by atoms with Gasteiger partial charge >= 0.3 is 0 Å². The first-order valence-corrected chi connectivity index (χ1v) is 3.81. The smallest absolute Gasteiger partial charge is 0.164 e. The Balaban J connectivity index is 2.32. The third kappa shape index (κ3) is 1.79. The summed E-state index contributed by atoms with van der Waals surface area (Å²) in [5.41, 5.74) is 0.812. The Morgan fingerprint density at radius 2 is 2.00 bits per heavy atom. The molecule has 0 fully saturated rings. The van der Waals surface area contributed by atoms with Gasteiger partial charge < -0.3 is 5.32 Å². The van der Waals surface area contributed by atoms with Crippen LogP contribution in [0.15, 0.2) is 37.1 Å². The number of aromatic nitrogens is 3. The molecule has 4 nitrogen and oxygen atoms in total. The lowest BCUT2D eigenvalue weighted by molar-refractivity contribution is 1.01. The van der Waals surface area contributed by atoms with Gasteiger partial charge in [-0.15, -0.1) is 0 Å². The summed E-state index contributed by atoms with van der Waals surface area (Å²) in [6.45, 7) is 0. The van der Waals surface area contributed by atoms with E-state index >= 15 is 0 Å². The Morgan fingerprint density at radius 1 is 1.15 bits per heavy atom. The predicted molar refractivity (Wildman–Crippen MR) is 47.9 cm³/mol. The van der Waals surface area contributed by atoms with Crippen LogP contribution < -0.4 is 5.32 Å². The molecule has 4 heteroatoms. The van der Waals surface area contributed by atoms with Crippen LogP contribution in [0.4, 0.5) is 0 Å². The van der Waals surface area contributed by atoms with Crippen molar-refractivity contribution in [2.24, 2.45) is 0 Å². The summed E-state index contributed by atoms with van der Waals surface area (Å²) in [5, 5.41) is 2.87. The second-order valence-electron chi connectivity index (χ2n) is 2.36. The summed E-state index contributed by atoms with van der Waals surface area (Å²) in [6.07, 6.45) is 13.3. The molecule has 0 bridgehead atoms. The lowest BCUT2D eigenvalue weighted by Gasteiger charge is -1.96. The van der Waals surface area contributed by atoms with Crippen LogP contribution in [0.2, 0.25) is 0 Å². The fraction of sp³-hybridized carbons (Fsp3) is 0. The maximum atomic E-state index is 4.00. The van der Waals surface area contributed by atoms with Gasteiger partial charge in [-0.3, -0.25) is 0 Å². The third-order valence-corrected chi connectivity index (χ3v) is 1.49. The van der Waals surface area contributed by atoms with E-state index in [1.165, 1.54) is 12.7 Å². The van der Waals surface area contributed by atoms with Gasteiger partial charge in [0.2, 0.25) is 0 Å². The Morgan fingerprint density at radius 3 is 2.85 bits per heavy atom. The average molecular weight is 171 g/mol. The highest BCUT2D eigenvalue weighted by Gasteiger charge is 2.00. The minimum absolute atomic E-state index is 0.613. The Kier molecular flexibility index (Phi) is 2.14. The van der Waals surface area contributed by atoms with Gasteiger partial charge in [0.25, 0.3) is 0 Å². The second kappa shape index (κ2) is 3.62. The number of nitrogens with one attached hydrogen (secondary N) is 1. The van der Waals surface area contributed by atoms with Crippen LogP contribution in [0.3, 0.4) is 0 Å². The van der Waals surface area contributed by atoms with Crippen molar-refractivity contribution >= 4 is 5.57 Å². The van der Waals surface area contributed by atoms with E-state index in [0.29, 0.717) is 5.82 Å². The van der Waals surface area contributed by atoms with Crippen LogP contribution in [-0.4, -0.2) is 15.0 Å². The van der Waals surface area contributed by atoms with E-state index in [4.69, 9.17) is 0 Å². The molecule has 0 aliphatic carbocycles. The van der Waals surface area contributed by atoms with E-state index in [1.807, 2.05) is 18.2 Å². The first-order chi connectivity index (χ1) is 6.47. The lowest BCUT2D eigenvalue weighted by Crippen LogP contribution is -1.97. The normalized spacial score (nSPS) is 14.6. The van der Waals surface area contributed by atoms with E-state index in [0.717, 1.165) is 5.57 Å². The van der Waals surface area contributed by atoms with Crippen molar-refractivity contribution in [3.8, 4) is 0 Å². The molecule has 1 aliphatic rings. The van der Waals surface area contributed by atoms with E-state index < -0.39 is 0 Å². The maximum Gasteiger partial charge on any atom is 0.164 e. The van der Waals surface area contributed by atoms with Crippen molar-refractivity contribution in [2.45, 2.75) is 0 Å². The molecule has 1 radical (unpaired) electrons. The number of hydrogen-bond donors (Lipinski definition) is 1. The average Bonchev–Trinajstić information content (AvgIpc) is 2.47. The lowest BCUT2D eigenvalue weighted by atomic mass is 10.2. The maximum absolute atomic E-state index is 4.00. The zero-order valence-electron chi connectivity index (χ0n) is 6.81. The first-order valence-electron chi connectivity index (χ1n) is 3.81. The van der Waals surface area contributed by atoms with Gasteiger partial charge in [-0.1, -0.05) is 6.08 Å². The zero-order valence-corrected chi connectivity index (χ0v) is 6.81. The quantitative estimate of drug-likeness (QED) is 0.675. The molecule has 2 rings (SSSR count). The molecule has 1 aromatic rings. The molecular weight excluding hydrogens is 164 g/mol. The zero-order chi connectivity index (χ0) is 8.93. The standard InChI is InChI=1S/C9H7N4/c1-2-4-10-5-8(3-1)9-12-6-11-7-13-9/h1-4,6-7,10H. The molecule has 13 heavy (non-hydrogen) atoms. The minimum atomic E-state index is 0.613. The van der Waals surface area contributed by atoms with Crippen molar-refractivity contribution in [1.29, 1.82) is 0 Å². The van der Waals surface area contributed by atoms with Crippen LogP contribution in [0.5, 0.6) is 0 Å². The summed E-state index contributed by atoms with van der Waals surface area (Å²) in [6, 6.07) is 0. The SMILES string of the molecule is [C]1=C(c2ncncn2)C=CC=CN1. The molecule has 63 valence electrons. The summed E-state index contributed by atoms with van der Waals surface area (Å²) in [7, 11) is 0. The van der Waals surface area contributed by atoms with Crippen molar-refractivity contribution in [3.63, 3.8) is 0 Å². The van der Waals surface area contributed by atoms with Gasteiger partial charge in [0.1, 0.15) is 12.7 Å². The largest absolute Gasteiger partial charge is 0.359 e. The van der Waals surface area contributed by atoms with E-state index in [9.17, 15) is 0 Å². The molecule has 1 N–H and O–H groups in total. The highest BCUT2D eigenvalue weighted by Crippen LogP contribution is 2.08. The highest BCUT2D eigenvalue weighted by molar-refractivity contribution is 5.67. The van der Waals surface area contributed by atoms with E-state index in [2.05, 4.69) is 26.5 Å². The van der Waals surface area contributed by atoms with E-state index in [-0.39, 0.29) is 0 Å². The minimum Gasteiger partial charge on any atom is -0.359 e. The van der Waals surface area contributed by atoms with Gasteiger partial charge in [0, 0.05) is 11.8 Å². The third-order valence-electron chi connectivity index (χ3n) is 1.49. The Labute approximate surface area is 75.8 Å². The van der Waals surface area contributed by atoms with Crippen LogP contribution in [0.1, 0.15) is 5.82 Å². The molecule has 1 aromatic heterocycles. The number of hydrogen-bond acceptors (Lipinski definition) is 4. The Bertz CT molecular complexity index is 364. The van der Waals surface area contributed by atoms with Crippen LogP contribution >= 0.6 is 0 Å². The molecule has 0 saturated carbocycles. The van der Waals surface area contributed by atoms with Crippen LogP contribution in [-0.2, 0) is 0 Å². The summed E-state index contributed by atoms with van der Waals surface area (Å²) in [5.74, 6) is 0.613. The van der Waals surface area contributed by atoms with Gasteiger partial charge in [-0.2, -0.15) is 0 Å². The number of nitrogens with zero attached hydrogens (tertiary/aromatic N) is 3. The predicted octanol–water partition coefficient (Wildman–Crippen LogP) is 0.689. The number of allylic oxidation sites excluding steroid dienone is 4. The van der Waals surface area contributed by atoms with Crippen LogP contribution in [0, 0.1) is 6.20 Å². The molecule has 2 heterocycles. The summed E-state index contributed by atoms with van der Waals surface area (Å²) < 4.78 is 0. The molecule has 0 atom stereocenters. The van der Waals surface area contributed by atoms with Crippen molar-refractivity contribution in [1.82, 2.24) is 20.3 Å². The molecule has 0 amide bonds. The van der Waals surface area contributed by atoms with Crippen molar-refractivity contribution in [2.75, 3.05) is 0 Å². The monoisotopic (exact) mass is 171 g/mol. The summed E-state index contributed by atoms with van der Waals surface area (Å²) >= 11 is 0. The molecule has 0 spiro atoms. The first kappa shape index (κ1) is 7.67. The molecule has 0 saturated heterocycles. The van der Waals surface area contributed by atoms with Gasteiger partial charge in [-0.25, -0.2) is 15.0 Å². The topological polar surface area (TPSA) is 50.7 Å². The van der Waals surface area contributed by atoms with Crippen molar-refractivity contribution in [3.05, 3.63) is 49.1 Å². The molecule has 0 unspecified atom stereocenters. The van der Waals surface area contributed by atoms with Gasteiger partial charge in [-0.05, 0) is 12.2 Å². The van der Waals surface area contributed by atoms with E-state index in [1.54, 1.807) is 6.20 Å². The second-order valence-corrected chi connectivity index (χ2v) is 2.36. The molecular formula is C9H7N4. The van der Waals surface area contributed by atoms with Crippen molar-refractivity contribution < 1.29 is 0 Å². The van der Waals surface area contributed by atoms with Gasteiger partial charge in [0.05, 0.1) is 6.20 Å². The molecule has 0 aromatic carbocycles. The Hall–Kier alpha value is -1.97. The number of rotatable bonds is 1. The summed E-state index contributed by atoms with van der Waals surface area (Å²) in [4.78, 5) is 11.7. The fourth-order valence-corrected chi connectivity index (χ4v) is 0.925. The molecule has 1 aliphatic heterocycles. The fourth-order valence-electron chi connectivity index (χ4n) is 0.925. The highest BCUT2D eigenvalue weighted by atomic mass is 15.0. The van der Waals surface area contributed by atoms with Gasteiger partial charge in [0.15, 0.2) is 5.82 Å².